The molecule has 0 aromatic heterocycles. The molecule has 2 aromatic rings. The van der Waals surface area contributed by atoms with Crippen LogP contribution in [-0.4, -0.2) is 24.8 Å². The van der Waals surface area contributed by atoms with E-state index in [4.69, 9.17) is 4.74 Å². The molecule has 0 saturated carbocycles. The number of rotatable bonds is 5. The van der Waals surface area contributed by atoms with E-state index in [-0.39, 0.29) is 12.2 Å². The Labute approximate surface area is 134 Å². The van der Waals surface area contributed by atoms with Crippen molar-refractivity contribution >= 4 is 23.9 Å². The van der Waals surface area contributed by atoms with E-state index in [0.29, 0.717) is 11.8 Å². The van der Waals surface area contributed by atoms with Gasteiger partial charge < -0.3 is 10.1 Å². The molecule has 0 aliphatic rings. The molecular weight excluding hydrogens is 294 g/mol. The Morgan fingerprint density at radius 3 is 2.22 bits per heavy atom. The fourth-order valence-electron chi connectivity index (χ4n) is 2.10. The summed E-state index contributed by atoms with van der Waals surface area (Å²) in [6, 6.07) is 11.7. The van der Waals surface area contributed by atoms with Crippen molar-refractivity contribution in [2.75, 3.05) is 11.9 Å². The smallest absolute Gasteiger partial charge is 0.338 e. The average Bonchev–Trinajstić information content (AvgIpc) is 2.56. The minimum Gasteiger partial charge on any atom is -0.452 e. The van der Waals surface area contributed by atoms with Crippen molar-refractivity contribution in [3.63, 3.8) is 0 Å². The number of aldehydes is 1. The van der Waals surface area contributed by atoms with E-state index in [2.05, 4.69) is 5.32 Å². The number of carbonyl (C=O) groups is 3. The minimum absolute atomic E-state index is 0.287. The Bertz CT molecular complexity index is 715. The van der Waals surface area contributed by atoms with Crippen LogP contribution in [0, 0.1) is 13.8 Å². The van der Waals surface area contributed by atoms with Gasteiger partial charge in [0.15, 0.2) is 6.61 Å². The maximum atomic E-state index is 11.9. The van der Waals surface area contributed by atoms with Crippen molar-refractivity contribution in [1.29, 1.82) is 0 Å². The van der Waals surface area contributed by atoms with Gasteiger partial charge in [0.1, 0.15) is 6.29 Å². The van der Waals surface area contributed by atoms with Gasteiger partial charge in [-0.2, -0.15) is 0 Å². The average molecular weight is 311 g/mol. The maximum Gasteiger partial charge on any atom is 0.338 e. The highest BCUT2D eigenvalue weighted by Gasteiger charge is 2.12. The number of aryl methyl sites for hydroxylation is 2. The Balaban J connectivity index is 1.93. The predicted molar refractivity (Wildman–Crippen MR) is 86.7 cm³/mol. The lowest BCUT2D eigenvalue weighted by molar-refractivity contribution is -0.119. The van der Waals surface area contributed by atoms with Gasteiger partial charge in [-0.3, -0.25) is 9.59 Å². The fraction of sp³-hybridized carbons (Fsp3) is 0.167. The number of para-hydroxylation sites is 1. The number of amides is 1. The molecule has 0 radical (unpaired) electrons. The molecular formula is C18H17NO4. The Morgan fingerprint density at radius 2 is 1.65 bits per heavy atom. The molecule has 1 N–H and O–H groups in total. The van der Waals surface area contributed by atoms with Gasteiger partial charge in [0.25, 0.3) is 5.91 Å². The summed E-state index contributed by atoms with van der Waals surface area (Å²) in [7, 11) is 0. The summed E-state index contributed by atoms with van der Waals surface area (Å²) in [6.07, 6.45) is 0.688. The zero-order chi connectivity index (χ0) is 16.8. The summed E-state index contributed by atoms with van der Waals surface area (Å²) in [5.41, 5.74) is 3.36. The first-order valence-corrected chi connectivity index (χ1v) is 7.09. The van der Waals surface area contributed by atoms with Gasteiger partial charge in [0, 0.05) is 11.3 Å². The number of esters is 1. The van der Waals surface area contributed by atoms with Crippen LogP contribution in [0.15, 0.2) is 42.5 Å². The molecule has 1 amide bonds. The maximum absolute atomic E-state index is 11.9. The van der Waals surface area contributed by atoms with Gasteiger partial charge in [-0.25, -0.2) is 4.79 Å². The number of benzene rings is 2. The first-order chi connectivity index (χ1) is 11.0. The Morgan fingerprint density at radius 1 is 1.04 bits per heavy atom. The second-order valence-corrected chi connectivity index (χ2v) is 5.13. The molecule has 5 heteroatoms. The van der Waals surface area contributed by atoms with E-state index in [0.717, 1.165) is 16.8 Å². The highest BCUT2D eigenvalue weighted by molar-refractivity contribution is 5.96. The highest BCUT2D eigenvalue weighted by atomic mass is 16.5. The van der Waals surface area contributed by atoms with Crippen LogP contribution in [0.1, 0.15) is 31.8 Å². The van der Waals surface area contributed by atoms with Crippen LogP contribution in [0.5, 0.6) is 0 Å². The Kier molecular flexibility index (Phi) is 5.25. The zero-order valence-corrected chi connectivity index (χ0v) is 13.0. The van der Waals surface area contributed by atoms with E-state index in [1.54, 1.807) is 0 Å². The molecule has 2 aromatic carbocycles. The lowest BCUT2D eigenvalue weighted by atomic mass is 10.1. The van der Waals surface area contributed by atoms with Crippen LogP contribution in [-0.2, 0) is 9.53 Å². The molecule has 0 saturated heterocycles. The molecule has 2 rings (SSSR count). The molecule has 23 heavy (non-hydrogen) atoms. The second-order valence-electron chi connectivity index (χ2n) is 5.13. The number of carbonyl (C=O) groups excluding carboxylic acids is 3. The zero-order valence-electron chi connectivity index (χ0n) is 13.0. The van der Waals surface area contributed by atoms with E-state index in [9.17, 15) is 14.4 Å². The van der Waals surface area contributed by atoms with Gasteiger partial charge in [-0.15, -0.1) is 0 Å². The lowest BCUT2D eigenvalue weighted by Gasteiger charge is -2.11. The summed E-state index contributed by atoms with van der Waals surface area (Å²) in [6.45, 7) is 3.41. The molecule has 0 heterocycles. The summed E-state index contributed by atoms with van der Waals surface area (Å²) >= 11 is 0. The predicted octanol–water partition coefficient (Wildman–Crippen LogP) is 2.91. The van der Waals surface area contributed by atoms with Gasteiger partial charge >= 0.3 is 5.97 Å². The van der Waals surface area contributed by atoms with Crippen molar-refractivity contribution in [1.82, 2.24) is 0 Å². The van der Waals surface area contributed by atoms with Crippen LogP contribution in [0.25, 0.3) is 0 Å². The normalized spacial score (nSPS) is 10.0. The first-order valence-electron chi connectivity index (χ1n) is 7.09. The topological polar surface area (TPSA) is 72.5 Å². The molecule has 0 bridgehead atoms. The third-order valence-corrected chi connectivity index (χ3v) is 3.36. The molecule has 0 aliphatic heterocycles. The number of ether oxygens (including phenoxy) is 1. The molecule has 0 atom stereocenters. The standard InChI is InChI=1S/C18H17NO4/c1-12-4-3-5-13(2)17(12)19-16(21)11-23-18(22)15-8-6-14(10-20)7-9-15/h3-10H,11H2,1-2H3,(H,19,21). The summed E-state index contributed by atoms with van der Waals surface area (Å²) in [4.78, 5) is 34.3. The van der Waals surface area contributed by atoms with Crippen molar-refractivity contribution < 1.29 is 19.1 Å². The number of hydrogen-bond acceptors (Lipinski definition) is 4. The molecule has 118 valence electrons. The third kappa shape index (κ3) is 4.26. The molecule has 0 unspecified atom stereocenters. The van der Waals surface area contributed by atoms with Gasteiger partial charge in [-0.05, 0) is 37.1 Å². The first kappa shape index (κ1) is 16.4. The fourth-order valence-corrected chi connectivity index (χ4v) is 2.10. The lowest BCUT2D eigenvalue weighted by Crippen LogP contribution is -2.21. The molecule has 0 spiro atoms. The highest BCUT2D eigenvalue weighted by Crippen LogP contribution is 2.19. The monoisotopic (exact) mass is 311 g/mol. The molecule has 5 nitrogen and oxygen atoms in total. The summed E-state index contributed by atoms with van der Waals surface area (Å²) < 4.78 is 4.98. The Hall–Kier alpha value is -2.95. The van der Waals surface area contributed by atoms with Crippen LogP contribution in [0.2, 0.25) is 0 Å². The summed E-state index contributed by atoms with van der Waals surface area (Å²) in [5, 5.41) is 2.74. The van der Waals surface area contributed by atoms with Crippen molar-refractivity contribution in [3.8, 4) is 0 Å². The largest absolute Gasteiger partial charge is 0.452 e. The molecule has 0 fully saturated rings. The van der Waals surface area contributed by atoms with Gasteiger partial charge in [0.2, 0.25) is 0 Å². The summed E-state index contributed by atoms with van der Waals surface area (Å²) in [5.74, 6) is -1.01. The number of anilines is 1. The van der Waals surface area contributed by atoms with Crippen molar-refractivity contribution in [2.24, 2.45) is 0 Å². The number of nitrogens with one attached hydrogen (secondary N) is 1. The van der Waals surface area contributed by atoms with E-state index < -0.39 is 11.9 Å². The SMILES string of the molecule is Cc1cccc(C)c1NC(=O)COC(=O)c1ccc(C=O)cc1. The minimum atomic E-state index is -0.612. The van der Waals surface area contributed by atoms with E-state index in [1.807, 2.05) is 32.0 Å². The van der Waals surface area contributed by atoms with Gasteiger partial charge in [0.05, 0.1) is 5.56 Å². The van der Waals surface area contributed by atoms with Crippen LogP contribution >= 0.6 is 0 Å². The molecule has 0 aliphatic carbocycles. The van der Waals surface area contributed by atoms with Crippen LogP contribution in [0.3, 0.4) is 0 Å². The van der Waals surface area contributed by atoms with E-state index >= 15 is 0 Å². The van der Waals surface area contributed by atoms with E-state index in [1.165, 1.54) is 24.3 Å². The third-order valence-electron chi connectivity index (χ3n) is 3.36. The second kappa shape index (κ2) is 7.35. The van der Waals surface area contributed by atoms with Crippen molar-refractivity contribution in [3.05, 3.63) is 64.7 Å². The van der Waals surface area contributed by atoms with Gasteiger partial charge in [-0.1, -0.05) is 30.3 Å². The quantitative estimate of drug-likeness (QED) is 0.680. The van der Waals surface area contributed by atoms with Crippen LogP contribution in [0.4, 0.5) is 5.69 Å². The van der Waals surface area contributed by atoms with Crippen molar-refractivity contribution in [2.45, 2.75) is 13.8 Å². The van der Waals surface area contributed by atoms with Crippen LogP contribution < -0.4 is 5.32 Å². The number of hydrogen-bond donors (Lipinski definition) is 1.